The number of nitrogens with zero attached hydrogens (tertiary/aromatic N) is 5. The molecule has 10 rings (SSSR count). The molecule has 0 saturated heterocycles. The van der Waals surface area contributed by atoms with E-state index in [0.29, 0.717) is 37.6 Å². The predicted molar refractivity (Wildman–Crippen MR) is 276 cm³/mol. The quantitative estimate of drug-likeness (QED) is 0.0779. The Balaban J connectivity index is 0.000000312. The molecule has 15 heteroatoms. The summed E-state index contributed by atoms with van der Waals surface area (Å²) >= 11 is 0. The summed E-state index contributed by atoms with van der Waals surface area (Å²) in [5.74, 6) is 5.78. The molecular formula is C57H74N6O5Y4-4. The van der Waals surface area contributed by atoms with Crippen LogP contribution in [0.25, 0.3) is 21.8 Å². The van der Waals surface area contributed by atoms with Gasteiger partial charge in [-0.05, 0) is 102 Å². The van der Waals surface area contributed by atoms with Crippen LogP contribution >= 0.6 is 0 Å². The molecule has 2 aromatic heterocycles. The van der Waals surface area contributed by atoms with Gasteiger partial charge in [0.25, 0.3) is 0 Å². The number of carbonyl (C=O) groups excluding carboxylic acids is 1. The first-order valence-electron chi connectivity index (χ1n) is 24.3. The number of fused-ring (bicyclic) bond motifs is 6. The number of aromatic nitrogens is 2. The Morgan fingerprint density at radius 1 is 0.597 bits per heavy atom. The van der Waals surface area contributed by atoms with Gasteiger partial charge in [0.1, 0.15) is 5.78 Å². The smallest absolute Gasteiger partial charge is 0.133 e. The van der Waals surface area contributed by atoms with E-state index in [0.717, 1.165) is 86.7 Å². The fraction of sp³-hybridized carbons (Fsp3) is 0.474. The van der Waals surface area contributed by atoms with Crippen LogP contribution < -0.4 is 15.9 Å². The van der Waals surface area contributed by atoms with Gasteiger partial charge in [-0.2, -0.15) is 100 Å². The number of carbonyl (C=O) groups is 1. The molecule has 0 amide bonds. The number of Topliss-reactive ketones (excluding diaryl/α,β-unsaturated/α-hetero) is 1. The fourth-order valence-electron chi connectivity index (χ4n) is 9.43. The van der Waals surface area contributed by atoms with E-state index in [1.165, 1.54) is 61.2 Å². The summed E-state index contributed by atoms with van der Waals surface area (Å²) in [6.45, 7) is 8.20. The molecule has 4 radical (unpaired) electrons. The molecule has 2 heterocycles. The van der Waals surface area contributed by atoms with E-state index in [9.17, 15) is 15.0 Å². The molecule has 2 saturated carbocycles. The number of nitrogens with two attached hydrogens (primary N) is 1. The summed E-state index contributed by atoms with van der Waals surface area (Å²) < 4.78 is 10.1. The molecule has 378 valence electrons. The van der Waals surface area contributed by atoms with Crippen molar-refractivity contribution in [1.82, 2.24) is 9.13 Å². The van der Waals surface area contributed by atoms with E-state index in [1.807, 2.05) is 69.4 Å². The number of hydrazine groups is 1. The molecule has 5 N–H and O–H groups in total. The van der Waals surface area contributed by atoms with Gasteiger partial charge in [-0.1, -0.05) is 50.1 Å². The van der Waals surface area contributed by atoms with Crippen molar-refractivity contribution in [2.45, 2.75) is 142 Å². The molecule has 4 aromatic carbocycles. The Kier molecular flexibility index (Phi) is 30.6. The Morgan fingerprint density at radius 2 is 1.03 bits per heavy atom. The number of hydrogen-bond donors (Lipinski definition) is 4. The molecule has 0 spiro atoms. The van der Waals surface area contributed by atoms with Crippen LogP contribution in [0.3, 0.4) is 0 Å². The van der Waals surface area contributed by atoms with Crippen molar-refractivity contribution >= 4 is 44.7 Å². The molecule has 72 heavy (non-hydrogen) atoms. The van der Waals surface area contributed by atoms with E-state index in [-0.39, 0.29) is 149 Å². The van der Waals surface area contributed by atoms with Crippen LogP contribution in [0.4, 0.5) is 11.4 Å². The third-order valence-corrected chi connectivity index (χ3v) is 13.7. The van der Waals surface area contributed by atoms with Crippen molar-refractivity contribution in [3.05, 3.63) is 130 Å². The van der Waals surface area contributed by atoms with Gasteiger partial charge >= 0.3 is 0 Å². The summed E-state index contributed by atoms with van der Waals surface area (Å²) in [5, 5.41) is 38.8. The van der Waals surface area contributed by atoms with E-state index in [1.54, 1.807) is 12.1 Å². The number of rotatable bonds is 4. The third-order valence-electron chi connectivity index (χ3n) is 13.7. The molecule has 4 aliphatic carbocycles. The van der Waals surface area contributed by atoms with Gasteiger partial charge in [0.2, 0.25) is 0 Å². The van der Waals surface area contributed by atoms with Crippen LogP contribution in [0.1, 0.15) is 109 Å². The van der Waals surface area contributed by atoms with E-state index in [2.05, 4.69) is 90.7 Å². The van der Waals surface area contributed by atoms with Gasteiger partial charge in [0, 0.05) is 182 Å². The molecule has 0 aliphatic heterocycles. The zero-order valence-corrected chi connectivity index (χ0v) is 55.6. The first kappa shape index (κ1) is 67.2. The number of aryl methyl sites for hydroxylation is 6. The number of hydrogen-bond acceptors (Lipinski definition) is 9. The van der Waals surface area contributed by atoms with Crippen molar-refractivity contribution in [2.75, 3.05) is 31.2 Å². The average Bonchev–Trinajstić information content (AvgIpc) is 3.76. The van der Waals surface area contributed by atoms with Crippen LogP contribution in [-0.4, -0.2) is 81.6 Å². The van der Waals surface area contributed by atoms with Crippen molar-refractivity contribution in [3.63, 3.8) is 0 Å². The molecular weight excluding hydrogens is 1200 g/mol. The van der Waals surface area contributed by atoms with Crippen LogP contribution in [0.15, 0.2) is 65.8 Å². The molecule has 2 fully saturated rings. The van der Waals surface area contributed by atoms with Crippen LogP contribution in [0.5, 0.6) is 0 Å². The minimum Gasteiger partial charge on any atom is -0.400 e. The molecule has 2 atom stereocenters. The Bertz CT molecular complexity index is 2610. The maximum absolute atomic E-state index is 10.5. The molecule has 6 aromatic rings. The summed E-state index contributed by atoms with van der Waals surface area (Å²) in [7, 11) is 9.86. The monoisotopic (exact) mass is 1280 g/mol. The van der Waals surface area contributed by atoms with Gasteiger partial charge in [0.05, 0.1) is 24.4 Å². The van der Waals surface area contributed by atoms with Crippen molar-refractivity contribution in [1.29, 1.82) is 0 Å². The Morgan fingerprint density at radius 3 is 1.47 bits per heavy atom. The van der Waals surface area contributed by atoms with Gasteiger partial charge in [-0.3, -0.25) is 10.6 Å². The number of aliphatic hydroxyl groups is 3. The zero-order chi connectivity index (χ0) is 49.1. The number of methoxy groups -OCH3 is 1. The number of aliphatic hydroxyl groups excluding tert-OH is 3. The van der Waals surface area contributed by atoms with Gasteiger partial charge in [-0.25, -0.2) is 0 Å². The molecule has 2 unspecified atom stereocenters. The van der Waals surface area contributed by atoms with Gasteiger partial charge in [0.15, 0.2) is 0 Å². The number of ether oxygens (including phenoxy) is 1. The van der Waals surface area contributed by atoms with E-state index >= 15 is 0 Å². The first-order chi connectivity index (χ1) is 32.5. The summed E-state index contributed by atoms with van der Waals surface area (Å²) in [4.78, 5) is 10.5. The van der Waals surface area contributed by atoms with Gasteiger partial charge in [-0.15, -0.1) is 22.9 Å². The zero-order valence-electron chi connectivity index (χ0n) is 44.3. The second kappa shape index (κ2) is 32.8. The second-order valence-corrected chi connectivity index (χ2v) is 19.1. The minimum atomic E-state index is -0.201. The molecule has 4 aliphatic rings. The van der Waals surface area contributed by atoms with Crippen molar-refractivity contribution < 1.29 is 156 Å². The van der Waals surface area contributed by atoms with E-state index in [4.69, 9.17) is 15.7 Å². The van der Waals surface area contributed by atoms with Crippen LogP contribution in [-0.2, 0) is 180 Å². The summed E-state index contributed by atoms with van der Waals surface area (Å²) in [6.07, 6.45) is 11.9. The van der Waals surface area contributed by atoms with Crippen LogP contribution in [0.2, 0.25) is 0 Å². The third kappa shape index (κ3) is 19.2. The van der Waals surface area contributed by atoms with Crippen LogP contribution in [0, 0.1) is 52.0 Å². The molecule has 11 nitrogen and oxygen atoms in total. The normalized spacial score (nSPS) is 17.8. The maximum atomic E-state index is 10.5. The maximum Gasteiger partial charge on any atom is 0.133 e. The summed E-state index contributed by atoms with van der Waals surface area (Å²) in [5.41, 5.74) is 16.1. The standard InChI is InChI=1S/C15H18NO.C14H19N2O.C14H16NO.C8H11N2.C6H10O2.4Y/c1-10-4-6-14-12(8-10)13-9-11(17-3)5-7-15(13)16(14)2;1-11-3-7-13(8-4-11)16(2)15-12-5-9-14(17)10-6-12;1-9-3-5-13-11(7-9)12-8-10(16)4-6-14(12)15(13)2;1-7-3-5-8(6-4-7)10(2)9;7-5-1-2-6(8)4-3-5;;;;/h6,8,11H,5,7,9H2,1-3H3;3,7-8,14,17H,5-6,9-10H2,1-2H3;5,7,10,16H,4,6,8H2,1-2H3;3,5-6H,9H2,1-2H3;5,7H,1-4H2;;;;/q4*-1;;;;;. The first-order valence-corrected chi connectivity index (χ1v) is 24.3. The largest absolute Gasteiger partial charge is 0.400 e. The minimum absolute atomic E-state index is 0. The van der Waals surface area contributed by atoms with E-state index < -0.39 is 0 Å². The Hall–Kier alpha value is -0.884. The number of anilines is 2. The van der Waals surface area contributed by atoms with Crippen molar-refractivity contribution in [3.8, 4) is 0 Å². The SMILES string of the molecule is COC1CCc2c(c3cc(C)[c-]cc3n2C)C1.Cc1[c-]cc(N(C)N)cc1.Cc1[c-]cc(N(C)N=C2CCC(O)CC2)cc1.Cc1[c-]cc2c(c1)c1c(n2C)CCC(O)C1.O=C1CCC(O)CC1.[Y].[Y].[Y].[Y]. The Labute approximate surface area is 530 Å². The second-order valence-electron chi connectivity index (χ2n) is 19.1. The fourth-order valence-corrected chi connectivity index (χ4v) is 9.43. The summed E-state index contributed by atoms with van der Waals surface area (Å²) in [6, 6.07) is 33.3. The van der Waals surface area contributed by atoms with Crippen molar-refractivity contribution in [2.24, 2.45) is 25.0 Å². The van der Waals surface area contributed by atoms with Gasteiger partial charge < -0.3 is 39.2 Å². The molecule has 0 bridgehead atoms. The predicted octanol–water partition coefficient (Wildman–Crippen LogP) is 9.03. The number of hydrazone groups is 1. The number of ketones is 1. The topological polar surface area (TPSA) is 142 Å². The number of benzene rings is 4. The average molecular weight is 1280 g/mol.